The summed E-state index contributed by atoms with van der Waals surface area (Å²) in [5, 5.41) is 14.9. The Morgan fingerprint density at radius 1 is 1.18 bits per heavy atom. The van der Waals surface area contributed by atoms with Gasteiger partial charge in [0.2, 0.25) is 5.91 Å². The van der Waals surface area contributed by atoms with E-state index in [9.17, 15) is 4.79 Å². The van der Waals surface area contributed by atoms with Crippen LogP contribution >= 0.6 is 0 Å². The van der Waals surface area contributed by atoms with Crippen molar-refractivity contribution in [2.45, 2.75) is 19.9 Å². The minimum atomic E-state index is 0.00666. The van der Waals surface area contributed by atoms with Gasteiger partial charge in [-0.1, -0.05) is 30.3 Å². The molecule has 0 aliphatic carbocycles. The molecular weight excluding hydrogens is 274 g/mol. The van der Waals surface area contributed by atoms with E-state index in [0.717, 1.165) is 11.3 Å². The number of amides is 1. The molecule has 0 saturated heterocycles. The summed E-state index contributed by atoms with van der Waals surface area (Å²) in [6, 6.07) is 17.3. The minimum Gasteiger partial charge on any atom is -0.384 e. The molecule has 0 heterocycles. The summed E-state index contributed by atoms with van der Waals surface area (Å²) >= 11 is 0. The van der Waals surface area contributed by atoms with Crippen molar-refractivity contribution in [3.63, 3.8) is 0 Å². The molecule has 0 fully saturated rings. The molecule has 0 spiro atoms. The zero-order chi connectivity index (χ0) is 15.8. The summed E-state index contributed by atoms with van der Waals surface area (Å²) < 4.78 is 0. The quantitative estimate of drug-likeness (QED) is 0.860. The van der Waals surface area contributed by atoms with Crippen LogP contribution in [0, 0.1) is 18.3 Å². The van der Waals surface area contributed by atoms with Crippen LogP contribution in [-0.2, 0) is 11.3 Å². The molecule has 0 atom stereocenters. The molecule has 112 valence electrons. The molecule has 2 aromatic rings. The number of rotatable bonds is 6. The van der Waals surface area contributed by atoms with E-state index in [0.29, 0.717) is 25.1 Å². The zero-order valence-corrected chi connectivity index (χ0v) is 12.6. The Hall–Kier alpha value is -2.80. The van der Waals surface area contributed by atoms with Gasteiger partial charge in [-0.2, -0.15) is 5.26 Å². The maximum atomic E-state index is 11.8. The fourth-order valence-corrected chi connectivity index (χ4v) is 2.11. The van der Waals surface area contributed by atoms with Crippen LogP contribution in [-0.4, -0.2) is 12.5 Å². The molecule has 1 amide bonds. The first-order valence-electron chi connectivity index (χ1n) is 7.24. The highest BCUT2D eigenvalue weighted by molar-refractivity contribution is 5.76. The Labute approximate surface area is 130 Å². The molecule has 4 heteroatoms. The van der Waals surface area contributed by atoms with Crippen LogP contribution in [0.25, 0.3) is 0 Å². The standard InChI is InChI=1S/C18H19N3O/c1-14-5-2-3-7-16(14)13-21-18(22)9-10-20-17-8-4-6-15(11-17)12-19/h2-8,11,20H,9-10,13H2,1H3,(H,21,22). The Morgan fingerprint density at radius 2 is 2.00 bits per heavy atom. The molecule has 2 rings (SSSR count). The van der Waals surface area contributed by atoms with Crippen molar-refractivity contribution in [1.82, 2.24) is 5.32 Å². The van der Waals surface area contributed by atoms with E-state index in [-0.39, 0.29) is 5.91 Å². The lowest BCUT2D eigenvalue weighted by molar-refractivity contribution is -0.121. The summed E-state index contributed by atoms with van der Waals surface area (Å²) in [7, 11) is 0. The van der Waals surface area contributed by atoms with Crippen LogP contribution in [0.1, 0.15) is 23.1 Å². The number of aryl methyl sites for hydroxylation is 1. The molecule has 0 bridgehead atoms. The van der Waals surface area contributed by atoms with Gasteiger partial charge < -0.3 is 10.6 Å². The van der Waals surface area contributed by atoms with Gasteiger partial charge in [-0.05, 0) is 36.2 Å². The first-order valence-corrected chi connectivity index (χ1v) is 7.24. The summed E-state index contributed by atoms with van der Waals surface area (Å²) in [4.78, 5) is 11.8. The van der Waals surface area contributed by atoms with Crippen molar-refractivity contribution in [3.05, 3.63) is 65.2 Å². The smallest absolute Gasteiger partial charge is 0.222 e. The van der Waals surface area contributed by atoms with Crippen molar-refractivity contribution < 1.29 is 4.79 Å². The Bertz CT molecular complexity index is 689. The van der Waals surface area contributed by atoms with E-state index < -0.39 is 0 Å². The lowest BCUT2D eigenvalue weighted by Gasteiger charge is -2.09. The van der Waals surface area contributed by atoms with Gasteiger partial charge in [0, 0.05) is 25.2 Å². The van der Waals surface area contributed by atoms with Crippen LogP contribution in [0.3, 0.4) is 0 Å². The SMILES string of the molecule is Cc1ccccc1CNC(=O)CCNc1cccc(C#N)c1. The van der Waals surface area contributed by atoms with Crippen molar-refractivity contribution in [2.75, 3.05) is 11.9 Å². The molecule has 22 heavy (non-hydrogen) atoms. The third-order valence-corrected chi connectivity index (χ3v) is 3.41. The fraction of sp³-hybridized carbons (Fsp3) is 0.222. The van der Waals surface area contributed by atoms with Crippen LogP contribution < -0.4 is 10.6 Å². The van der Waals surface area contributed by atoms with Crippen LogP contribution in [0.2, 0.25) is 0 Å². The number of anilines is 1. The average molecular weight is 293 g/mol. The maximum Gasteiger partial charge on any atom is 0.222 e. The lowest BCUT2D eigenvalue weighted by Crippen LogP contribution is -2.25. The molecule has 0 aromatic heterocycles. The van der Waals surface area contributed by atoms with Crippen molar-refractivity contribution in [3.8, 4) is 6.07 Å². The number of carbonyl (C=O) groups is 1. The summed E-state index contributed by atoms with van der Waals surface area (Å²) in [5.41, 5.74) is 3.76. The predicted molar refractivity (Wildman–Crippen MR) is 87.3 cm³/mol. The van der Waals surface area contributed by atoms with Gasteiger partial charge >= 0.3 is 0 Å². The Balaban J connectivity index is 1.74. The number of benzene rings is 2. The minimum absolute atomic E-state index is 0.00666. The van der Waals surface area contributed by atoms with E-state index in [2.05, 4.69) is 16.7 Å². The second-order valence-corrected chi connectivity index (χ2v) is 5.07. The summed E-state index contributed by atoms with van der Waals surface area (Å²) in [6.45, 7) is 3.12. The Morgan fingerprint density at radius 3 is 2.77 bits per heavy atom. The van der Waals surface area contributed by atoms with Gasteiger partial charge in [0.15, 0.2) is 0 Å². The molecular formula is C18H19N3O. The molecule has 2 N–H and O–H groups in total. The molecule has 2 aromatic carbocycles. The zero-order valence-electron chi connectivity index (χ0n) is 12.6. The van der Waals surface area contributed by atoms with Crippen LogP contribution in [0.4, 0.5) is 5.69 Å². The van der Waals surface area contributed by atoms with E-state index >= 15 is 0 Å². The first-order chi connectivity index (χ1) is 10.7. The number of carbonyl (C=O) groups excluding carboxylic acids is 1. The van der Waals surface area contributed by atoms with E-state index in [1.165, 1.54) is 5.56 Å². The number of nitrogens with one attached hydrogen (secondary N) is 2. The largest absolute Gasteiger partial charge is 0.384 e. The van der Waals surface area contributed by atoms with E-state index in [1.807, 2.05) is 43.3 Å². The molecule has 0 aliphatic rings. The third kappa shape index (κ3) is 4.64. The van der Waals surface area contributed by atoms with E-state index in [1.54, 1.807) is 12.1 Å². The van der Waals surface area contributed by atoms with Crippen molar-refractivity contribution >= 4 is 11.6 Å². The Kier molecular flexibility index (Phi) is 5.56. The average Bonchev–Trinajstić information content (AvgIpc) is 2.54. The molecule has 0 saturated carbocycles. The van der Waals surface area contributed by atoms with Gasteiger partial charge in [0.25, 0.3) is 0 Å². The number of hydrogen-bond acceptors (Lipinski definition) is 3. The van der Waals surface area contributed by atoms with E-state index in [4.69, 9.17) is 5.26 Å². The van der Waals surface area contributed by atoms with Gasteiger partial charge in [-0.3, -0.25) is 4.79 Å². The highest BCUT2D eigenvalue weighted by Gasteiger charge is 2.03. The van der Waals surface area contributed by atoms with Gasteiger partial charge in [-0.25, -0.2) is 0 Å². The second kappa shape index (κ2) is 7.84. The van der Waals surface area contributed by atoms with Crippen molar-refractivity contribution in [1.29, 1.82) is 5.26 Å². The molecule has 4 nitrogen and oxygen atoms in total. The fourth-order valence-electron chi connectivity index (χ4n) is 2.11. The third-order valence-electron chi connectivity index (χ3n) is 3.41. The maximum absolute atomic E-state index is 11.8. The van der Waals surface area contributed by atoms with Crippen LogP contribution in [0.15, 0.2) is 48.5 Å². The summed E-state index contributed by atoms with van der Waals surface area (Å²) in [5.74, 6) is 0.00666. The van der Waals surface area contributed by atoms with Gasteiger partial charge in [-0.15, -0.1) is 0 Å². The van der Waals surface area contributed by atoms with Gasteiger partial charge in [0.1, 0.15) is 0 Å². The number of hydrogen-bond donors (Lipinski definition) is 2. The highest BCUT2D eigenvalue weighted by atomic mass is 16.1. The van der Waals surface area contributed by atoms with Crippen LogP contribution in [0.5, 0.6) is 0 Å². The number of nitriles is 1. The summed E-state index contributed by atoms with van der Waals surface area (Å²) in [6.07, 6.45) is 0.392. The topological polar surface area (TPSA) is 64.9 Å². The first kappa shape index (κ1) is 15.6. The highest BCUT2D eigenvalue weighted by Crippen LogP contribution is 2.09. The van der Waals surface area contributed by atoms with Gasteiger partial charge in [0.05, 0.1) is 11.6 Å². The molecule has 0 aliphatic heterocycles. The second-order valence-electron chi connectivity index (χ2n) is 5.07. The molecule has 0 radical (unpaired) electrons. The lowest BCUT2D eigenvalue weighted by atomic mass is 10.1. The normalized spacial score (nSPS) is 9.82. The molecule has 0 unspecified atom stereocenters. The number of nitrogens with zero attached hydrogens (tertiary/aromatic N) is 1. The monoisotopic (exact) mass is 293 g/mol. The van der Waals surface area contributed by atoms with Crippen molar-refractivity contribution in [2.24, 2.45) is 0 Å². The predicted octanol–water partition coefficient (Wildman–Crippen LogP) is 2.99.